The van der Waals surface area contributed by atoms with Crippen LogP contribution in [0, 0.1) is 0 Å². The Bertz CT molecular complexity index is 640. The first-order valence-electron chi connectivity index (χ1n) is 6.28. The summed E-state index contributed by atoms with van der Waals surface area (Å²) in [6.07, 6.45) is 0. The Morgan fingerprint density at radius 3 is 2.55 bits per heavy atom. The molecule has 5 heteroatoms. The van der Waals surface area contributed by atoms with Gasteiger partial charge in [-0.2, -0.15) is 0 Å². The maximum atomic E-state index is 11.8. The Balaban J connectivity index is 2.11. The minimum Gasteiger partial charge on any atom is -0.395 e. The van der Waals surface area contributed by atoms with Crippen LogP contribution in [0.1, 0.15) is 0 Å². The van der Waals surface area contributed by atoms with Gasteiger partial charge in [0.1, 0.15) is 0 Å². The number of likely N-dealkylation sites (N-methyl/N-ethyl adjacent to an activating group) is 1. The van der Waals surface area contributed by atoms with Crippen molar-refractivity contribution in [2.75, 3.05) is 25.5 Å². The van der Waals surface area contributed by atoms with Crippen LogP contribution in [-0.2, 0) is 9.59 Å². The lowest BCUT2D eigenvalue weighted by Crippen LogP contribution is -2.38. The second-order valence-electron chi connectivity index (χ2n) is 4.47. The van der Waals surface area contributed by atoms with E-state index in [1.54, 1.807) is 6.07 Å². The zero-order valence-corrected chi connectivity index (χ0v) is 11.2. The SMILES string of the molecule is CN(CCO)C(=O)C(=O)Nc1ccc2ccccc2c1. The number of hydrogen-bond donors (Lipinski definition) is 2. The number of rotatable bonds is 3. The van der Waals surface area contributed by atoms with Gasteiger partial charge in [0.05, 0.1) is 6.61 Å². The van der Waals surface area contributed by atoms with Crippen LogP contribution in [-0.4, -0.2) is 42.0 Å². The highest BCUT2D eigenvalue weighted by Gasteiger charge is 2.18. The lowest BCUT2D eigenvalue weighted by Gasteiger charge is -2.15. The van der Waals surface area contributed by atoms with E-state index in [2.05, 4.69) is 5.32 Å². The molecule has 0 heterocycles. The summed E-state index contributed by atoms with van der Waals surface area (Å²) in [5.41, 5.74) is 0.569. The molecule has 0 bridgehead atoms. The summed E-state index contributed by atoms with van der Waals surface area (Å²) in [7, 11) is 1.47. The van der Waals surface area contributed by atoms with Crippen LogP contribution in [0.5, 0.6) is 0 Å². The third kappa shape index (κ3) is 3.13. The van der Waals surface area contributed by atoms with Crippen LogP contribution >= 0.6 is 0 Å². The average Bonchev–Trinajstić information content (AvgIpc) is 2.46. The second kappa shape index (κ2) is 6.16. The Kier molecular flexibility index (Phi) is 4.32. The second-order valence-corrected chi connectivity index (χ2v) is 4.47. The van der Waals surface area contributed by atoms with Crippen LogP contribution in [0.3, 0.4) is 0 Å². The molecule has 0 saturated heterocycles. The minimum absolute atomic E-state index is 0.129. The molecule has 2 aromatic carbocycles. The Hall–Kier alpha value is -2.40. The normalized spacial score (nSPS) is 10.3. The molecule has 0 atom stereocenters. The third-order valence-electron chi connectivity index (χ3n) is 2.98. The van der Waals surface area contributed by atoms with Gasteiger partial charge in [0.2, 0.25) is 0 Å². The van der Waals surface area contributed by atoms with Crippen molar-refractivity contribution < 1.29 is 14.7 Å². The number of fused-ring (bicyclic) bond motifs is 1. The van der Waals surface area contributed by atoms with Gasteiger partial charge in [0.15, 0.2) is 0 Å². The molecule has 0 fully saturated rings. The van der Waals surface area contributed by atoms with E-state index in [0.717, 1.165) is 10.8 Å². The number of nitrogens with zero attached hydrogens (tertiary/aromatic N) is 1. The monoisotopic (exact) mass is 272 g/mol. The number of aliphatic hydroxyl groups excluding tert-OH is 1. The van der Waals surface area contributed by atoms with Gasteiger partial charge in [0, 0.05) is 19.3 Å². The summed E-state index contributed by atoms with van der Waals surface area (Å²) in [5, 5.41) is 13.4. The van der Waals surface area contributed by atoms with Crippen molar-refractivity contribution in [3.63, 3.8) is 0 Å². The van der Waals surface area contributed by atoms with Crippen molar-refractivity contribution in [2.45, 2.75) is 0 Å². The highest BCUT2D eigenvalue weighted by Crippen LogP contribution is 2.18. The first-order valence-corrected chi connectivity index (χ1v) is 6.28. The number of nitrogens with one attached hydrogen (secondary N) is 1. The van der Waals surface area contributed by atoms with Crippen molar-refractivity contribution in [1.29, 1.82) is 0 Å². The molecule has 0 aliphatic carbocycles. The van der Waals surface area contributed by atoms with E-state index < -0.39 is 11.8 Å². The summed E-state index contributed by atoms with van der Waals surface area (Å²) < 4.78 is 0. The van der Waals surface area contributed by atoms with Crippen LogP contribution in [0.25, 0.3) is 10.8 Å². The van der Waals surface area contributed by atoms with Gasteiger partial charge in [0.25, 0.3) is 0 Å². The third-order valence-corrected chi connectivity index (χ3v) is 2.98. The largest absolute Gasteiger partial charge is 0.395 e. The fourth-order valence-corrected chi connectivity index (χ4v) is 1.88. The molecule has 2 N–H and O–H groups in total. The number of aliphatic hydroxyl groups is 1. The molecular formula is C15H16N2O3. The lowest BCUT2D eigenvalue weighted by molar-refractivity contribution is -0.142. The standard InChI is InChI=1S/C15H16N2O3/c1-17(8-9-18)15(20)14(19)16-13-7-6-11-4-2-3-5-12(11)10-13/h2-7,10,18H,8-9H2,1H3,(H,16,19). The minimum atomic E-state index is -0.712. The van der Waals surface area contributed by atoms with Gasteiger partial charge >= 0.3 is 11.8 Å². The molecule has 2 rings (SSSR count). The number of amides is 2. The smallest absolute Gasteiger partial charge is 0.313 e. The molecule has 2 amide bonds. The van der Waals surface area contributed by atoms with Crippen LogP contribution in [0.2, 0.25) is 0 Å². The first kappa shape index (κ1) is 14.0. The van der Waals surface area contributed by atoms with Crippen molar-refractivity contribution in [2.24, 2.45) is 0 Å². The number of anilines is 1. The quantitative estimate of drug-likeness (QED) is 0.826. The van der Waals surface area contributed by atoms with E-state index in [1.807, 2.05) is 36.4 Å². The van der Waals surface area contributed by atoms with Gasteiger partial charge < -0.3 is 15.3 Å². The molecule has 0 aliphatic heterocycles. The molecule has 0 radical (unpaired) electrons. The average molecular weight is 272 g/mol. The number of hydrogen-bond acceptors (Lipinski definition) is 3. The van der Waals surface area contributed by atoms with Gasteiger partial charge in [-0.15, -0.1) is 0 Å². The van der Waals surface area contributed by atoms with E-state index in [4.69, 9.17) is 5.11 Å². The Morgan fingerprint density at radius 2 is 1.85 bits per heavy atom. The van der Waals surface area contributed by atoms with Crippen molar-refractivity contribution in [1.82, 2.24) is 4.90 Å². The Labute approximate surface area is 116 Å². The van der Waals surface area contributed by atoms with Crippen LogP contribution in [0.15, 0.2) is 42.5 Å². The molecule has 20 heavy (non-hydrogen) atoms. The number of carbonyl (C=O) groups is 2. The number of carbonyl (C=O) groups excluding carboxylic acids is 2. The first-order chi connectivity index (χ1) is 9.61. The molecule has 5 nitrogen and oxygen atoms in total. The van der Waals surface area contributed by atoms with Crippen LogP contribution < -0.4 is 5.32 Å². The highest BCUT2D eigenvalue weighted by atomic mass is 16.3. The van der Waals surface area contributed by atoms with Gasteiger partial charge in [-0.3, -0.25) is 9.59 Å². The van der Waals surface area contributed by atoms with E-state index in [0.29, 0.717) is 5.69 Å². The van der Waals surface area contributed by atoms with Gasteiger partial charge in [-0.1, -0.05) is 30.3 Å². The zero-order valence-electron chi connectivity index (χ0n) is 11.2. The van der Waals surface area contributed by atoms with Crippen molar-refractivity contribution in [3.8, 4) is 0 Å². The van der Waals surface area contributed by atoms with Gasteiger partial charge in [-0.25, -0.2) is 0 Å². The molecule has 0 unspecified atom stereocenters. The summed E-state index contributed by atoms with van der Waals surface area (Å²) in [5.74, 6) is -1.39. The molecule has 0 spiro atoms. The fourth-order valence-electron chi connectivity index (χ4n) is 1.88. The predicted octanol–water partition coefficient (Wildman–Crippen LogP) is 1.23. The van der Waals surface area contributed by atoms with E-state index in [-0.39, 0.29) is 13.2 Å². The van der Waals surface area contributed by atoms with Crippen molar-refractivity contribution >= 4 is 28.3 Å². The van der Waals surface area contributed by atoms with E-state index in [1.165, 1.54) is 11.9 Å². The van der Waals surface area contributed by atoms with E-state index >= 15 is 0 Å². The predicted molar refractivity (Wildman–Crippen MR) is 77.3 cm³/mol. The molecule has 0 aliphatic rings. The molecule has 0 aromatic heterocycles. The molecular weight excluding hydrogens is 256 g/mol. The van der Waals surface area contributed by atoms with Crippen LogP contribution in [0.4, 0.5) is 5.69 Å². The fraction of sp³-hybridized carbons (Fsp3) is 0.200. The maximum Gasteiger partial charge on any atom is 0.313 e. The molecule has 0 saturated carbocycles. The lowest BCUT2D eigenvalue weighted by atomic mass is 10.1. The van der Waals surface area contributed by atoms with E-state index in [9.17, 15) is 9.59 Å². The molecule has 2 aromatic rings. The highest BCUT2D eigenvalue weighted by molar-refractivity contribution is 6.39. The maximum absolute atomic E-state index is 11.8. The number of benzene rings is 2. The van der Waals surface area contributed by atoms with Crippen molar-refractivity contribution in [3.05, 3.63) is 42.5 Å². The summed E-state index contributed by atoms with van der Waals surface area (Å²) in [6.45, 7) is -0.0462. The summed E-state index contributed by atoms with van der Waals surface area (Å²) >= 11 is 0. The zero-order chi connectivity index (χ0) is 14.5. The summed E-state index contributed by atoms with van der Waals surface area (Å²) in [4.78, 5) is 24.7. The van der Waals surface area contributed by atoms with Gasteiger partial charge in [-0.05, 0) is 22.9 Å². The summed E-state index contributed by atoms with van der Waals surface area (Å²) in [6, 6.07) is 13.2. The Morgan fingerprint density at radius 1 is 1.15 bits per heavy atom. The topological polar surface area (TPSA) is 69.6 Å². The molecule has 104 valence electrons.